The molecule has 1 amide bonds. The highest BCUT2D eigenvalue weighted by atomic mass is 16.1. The number of nitrogens with one attached hydrogen (secondary N) is 1. The highest BCUT2D eigenvalue weighted by molar-refractivity contribution is 5.90. The summed E-state index contributed by atoms with van der Waals surface area (Å²) in [6, 6.07) is 3.77. The molecule has 2 heterocycles. The van der Waals surface area contributed by atoms with E-state index in [4.69, 9.17) is 0 Å². The van der Waals surface area contributed by atoms with E-state index in [0.717, 1.165) is 29.7 Å². The lowest BCUT2D eigenvalue weighted by atomic mass is 10.0. The second kappa shape index (κ2) is 6.73. The summed E-state index contributed by atoms with van der Waals surface area (Å²) in [5, 5.41) is 2.93. The Balaban J connectivity index is 1.54. The summed E-state index contributed by atoms with van der Waals surface area (Å²) in [5.41, 5.74) is 0.748. The van der Waals surface area contributed by atoms with Gasteiger partial charge in [0.1, 0.15) is 11.6 Å². The van der Waals surface area contributed by atoms with Crippen LogP contribution in [0.2, 0.25) is 0 Å². The number of aryl methyl sites for hydroxylation is 1. The van der Waals surface area contributed by atoms with Crippen LogP contribution in [0.1, 0.15) is 44.3 Å². The smallest absolute Gasteiger partial charge is 0.224 e. The molecule has 5 heteroatoms. The minimum Gasteiger partial charge on any atom is -0.325 e. The molecule has 0 unspecified atom stereocenters. The van der Waals surface area contributed by atoms with Gasteiger partial charge in [-0.25, -0.2) is 9.97 Å². The fraction of sp³-hybridized carbons (Fsp3) is 0.471. The lowest BCUT2D eigenvalue weighted by molar-refractivity contribution is -0.116. The van der Waals surface area contributed by atoms with Crippen molar-refractivity contribution < 1.29 is 4.79 Å². The van der Waals surface area contributed by atoms with Crippen molar-refractivity contribution >= 4 is 11.6 Å². The molecule has 5 nitrogen and oxygen atoms in total. The number of hydrogen-bond acceptors (Lipinski definition) is 3. The fourth-order valence-corrected chi connectivity index (χ4v) is 3.08. The summed E-state index contributed by atoms with van der Waals surface area (Å²) in [6.07, 6.45) is 12.1. The number of aromatic nitrogens is 3. The monoisotopic (exact) mass is 298 g/mol. The summed E-state index contributed by atoms with van der Waals surface area (Å²) in [4.78, 5) is 20.5. The number of hydrogen-bond donors (Lipinski definition) is 1. The molecule has 0 spiro atoms. The van der Waals surface area contributed by atoms with Crippen LogP contribution in [0.4, 0.5) is 5.69 Å². The van der Waals surface area contributed by atoms with Gasteiger partial charge >= 0.3 is 0 Å². The molecule has 1 aliphatic carbocycles. The molecule has 0 atom stereocenters. The lowest BCUT2D eigenvalue weighted by Gasteiger charge is -2.09. The summed E-state index contributed by atoms with van der Waals surface area (Å²) < 4.78 is 1.91. The molecule has 0 aliphatic heterocycles. The molecule has 116 valence electrons. The Bertz CT molecular complexity index is 626. The van der Waals surface area contributed by atoms with E-state index in [0.29, 0.717) is 6.42 Å². The van der Waals surface area contributed by atoms with Gasteiger partial charge in [-0.2, -0.15) is 0 Å². The van der Waals surface area contributed by atoms with Gasteiger partial charge in [0.05, 0.1) is 11.9 Å². The number of carbonyl (C=O) groups is 1. The molecule has 1 saturated carbocycles. The van der Waals surface area contributed by atoms with Gasteiger partial charge in [-0.15, -0.1) is 0 Å². The first-order valence-corrected chi connectivity index (χ1v) is 7.98. The van der Waals surface area contributed by atoms with Crippen molar-refractivity contribution in [3.63, 3.8) is 0 Å². The fourth-order valence-electron chi connectivity index (χ4n) is 3.08. The zero-order valence-electron chi connectivity index (χ0n) is 13.0. The number of imidazole rings is 1. The molecule has 0 bridgehead atoms. The van der Waals surface area contributed by atoms with Gasteiger partial charge in [-0.05, 0) is 31.4 Å². The maximum Gasteiger partial charge on any atom is 0.224 e. The number of anilines is 1. The van der Waals surface area contributed by atoms with Crippen molar-refractivity contribution in [3.05, 3.63) is 36.5 Å². The van der Waals surface area contributed by atoms with E-state index in [1.54, 1.807) is 12.4 Å². The van der Waals surface area contributed by atoms with E-state index in [-0.39, 0.29) is 5.91 Å². The second-order valence-electron chi connectivity index (χ2n) is 5.99. The summed E-state index contributed by atoms with van der Waals surface area (Å²) >= 11 is 0. The zero-order chi connectivity index (χ0) is 15.4. The van der Waals surface area contributed by atoms with Crippen molar-refractivity contribution in [1.82, 2.24) is 14.5 Å². The number of carbonyl (C=O) groups excluding carboxylic acids is 1. The van der Waals surface area contributed by atoms with Gasteiger partial charge in [-0.1, -0.05) is 25.7 Å². The molecular formula is C17H22N4O. The van der Waals surface area contributed by atoms with Crippen LogP contribution in [0.5, 0.6) is 0 Å². The van der Waals surface area contributed by atoms with Gasteiger partial charge in [0.2, 0.25) is 5.91 Å². The molecule has 2 aromatic rings. The largest absolute Gasteiger partial charge is 0.325 e. The van der Waals surface area contributed by atoms with E-state index in [1.807, 2.05) is 29.8 Å². The molecule has 0 aromatic carbocycles. The summed E-state index contributed by atoms with van der Waals surface area (Å²) in [6.45, 7) is 1.93. The Kier molecular flexibility index (Phi) is 4.51. The first kappa shape index (κ1) is 14.8. The Hall–Kier alpha value is -2.17. The molecular weight excluding hydrogens is 276 g/mol. The maximum absolute atomic E-state index is 12.0. The van der Waals surface area contributed by atoms with E-state index < -0.39 is 0 Å². The Morgan fingerprint density at radius 2 is 2.14 bits per heavy atom. The Morgan fingerprint density at radius 1 is 1.32 bits per heavy atom. The number of pyridine rings is 1. The first-order valence-electron chi connectivity index (χ1n) is 7.98. The third-order valence-corrected chi connectivity index (χ3v) is 4.36. The zero-order valence-corrected chi connectivity index (χ0v) is 13.0. The Labute approximate surface area is 130 Å². The van der Waals surface area contributed by atoms with E-state index in [1.165, 1.54) is 25.7 Å². The molecule has 3 rings (SSSR count). The van der Waals surface area contributed by atoms with Crippen LogP contribution in [-0.2, 0) is 4.79 Å². The predicted octanol–water partition coefficient (Wildman–Crippen LogP) is 3.48. The van der Waals surface area contributed by atoms with Crippen LogP contribution in [0, 0.1) is 12.8 Å². The average Bonchev–Trinajstić information content (AvgIpc) is 3.17. The van der Waals surface area contributed by atoms with Gasteiger partial charge in [0.25, 0.3) is 0 Å². The number of nitrogens with zero attached hydrogens (tertiary/aromatic N) is 3. The SMILES string of the molecule is Cc1nccn1-c1ccc(NC(=O)CCC2CCCC2)cn1. The highest BCUT2D eigenvalue weighted by Gasteiger charge is 2.16. The van der Waals surface area contributed by atoms with Crippen molar-refractivity contribution in [3.8, 4) is 5.82 Å². The first-order chi connectivity index (χ1) is 10.7. The van der Waals surface area contributed by atoms with Gasteiger partial charge in [-0.3, -0.25) is 9.36 Å². The third-order valence-electron chi connectivity index (χ3n) is 4.36. The van der Waals surface area contributed by atoms with Crippen molar-refractivity contribution in [2.45, 2.75) is 45.4 Å². The van der Waals surface area contributed by atoms with Crippen molar-refractivity contribution in [1.29, 1.82) is 0 Å². The summed E-state index contributed by atoms with van der Waals surface area (Å²) in [7, 11) is 0. The van der Waals surface area contributed by atoms with Gasteiger partial charge < -0.3 is 5.32 Å². The predicted molar refractivity (Wildman–Crippen MR) is 85.9 cm³/mol. The minimum atomic E-state index is 0.0836. The van der Waals surface area contributed by atoms with E-state index in [9.17, 15) is 4.79 Å². The maximum atomic E-state index is 12.0. The minimum absolute atomic E-state index is 0.0836. The molecule has 1 fully saturated rings. The van der Waals surface area contributed by atoms with Crippen LogP contribution in [0.25, 0.3) is 5.82 Å². The second-order valence-corrected chi connectivity index (χ2v) is 5.99. The van der Waals surface area contributed by atoms with Crippen molar-refractivity contribution in [2.75, 3.05) is 5.32 Å². The molecule has 22 heavy (non-hydrogen) atoms. The average molecular weight is 298 g/mol. The van der Waals surface area contributed by atoms with E-state index >= 15 is 0 Å². The molecule has 0 radical (unpaired) electrons. The lowest BCUT2D eigenvalue weighted by Crippen LogP contribution is -2.13. The summed E-state index contributed by atoms with van der Waals surface area (Å²) in [5.74, 6) is 2.52. The van der Waals surface area contributed by atoms with Crippen LogP contribution >= 0.6 is 0 Å². The van der Waals surface area contributed by atoms with Gasteiger partial charge in [0.15, 0.2) is 0 Å². The van der Waals surface area contributed by atoms with Crippen molar-refractivity contribution in [2.24, 2.45) is 5.92 Å². The molecule has 1 aliphatic rings. The number of rotatable bonds is 5. The number of amides is 1. The molecule has 0 saturated heterocycles. The quantitative estimate of drug-likeness (QED) is 0.919. The van der Waals surface area contributed by atoms with Gasteiger partial charge in [0, 0.05) is 18.8 Å². The Morgan fingerprint density at radius 3 is 2.77 bits per heavy atom. The molecule has 1 N–H and O–H groups in total. The van der Waals surface area contributed by atoms with Crippen LogP contribution in [0.3, 0.4) is 0 Å². The third kappa shape index (κ3) is 3.53. The van der Waals surface area contributed by atoms with E-state index in [2.05, 4.69) is 15.3 Å². The standard InChI is InChI=1S/C17H22N4O/c1-13-18-10-11-21(13)16-8-7-15(12-19-16)20-17(22)9-6-14-4-2-3-5-14/h7-8,10-12,14H,2-6,9H2,1H3,(H,20,22). The highest BCUT2D eigenvalue weighted by Crippen LogP contribution is 2.28. The topological polar surface area (TPSA) is 59.8 Å². The van der Waals surface area contributed by atoms with Crippen LogP contribution in [-0.4, -0.2) is 20.4 Å². The van der Waals surface area contributed by atoms with Crippen LogP contribution < -0.4 is 5.32 Å². The normalized spacial score (nSPS) is 15.1. The van der Waals surface area contributed by atoms with Crippen LogP contribution in [0.15, 0.2) is 30.7 Å². The molecule has 2 aromatic heterocycles.